The average Bonchev–Trinajstić information content (AvgIpc) is 3.43. The molecule has 0 aliphatic rings. The van der Waals surface area contributed by atoms with Crippen molar-refractivity contribution in [3.05, 3.63) is 83.3 Å². The molecule has 4 rings (SSSR count). The Hall–Kier alpha value is -3.92. The van der Waals surface area contributed by atoms with Crippen LogP contribution in [0.15, 0.2) is 65.7 Å². The first-order valence-corrected chi connectivity index (χ1v) is 11.6. The second-order valence-electron chi connectivity index (χ2n) is 7.69. The van der Waals surface area contributed by atoms with Gasteiger partial charge in [0, 0.05) is 24.7 Å². The molecule has 0 saturated heterocycles. The first-order valence-electron chi connectivity index (χ1n) is 10.2. The lowest BCUT2D eigenvalue weighted by atomic mass is 10.0. The van der Waals surface area contributed by atoms with Crippen molar-refractivity contribution in [1.29, 1.82) is 0 Å². The number of nitrogens with two attached hydrogens (primary N) is 1. The van der Waals surface area contributed by atoms with E-state index in [1.54, 1.807) is 49.4 Å². The number of amides is 2. The van der Waals surface area contributed by atoms with E-state index in [0.29, 0.717) is 10.9 Å². The third-order valence-electron chi connectivity index (χ3n) is 5.57. The van der Waals surface area contributed by atoms with Crippen LogP contribution in [0.5, 0.6) is 0 Å². The van der Waals surface area contributed by atoms with Crippen molar-refractivity contribution in [3.8, 4) is 0 Å². The molecule has 0 saturated carbocycles. The fourth-order valence-corrected chi connectivity index (χ4v) is 5.16. The van der Waals surface area contributed by atoms with Crippen LogP contribution in [0.2, 0.25) is 0 Å². The lowest BCUT2D eigenvalue weighted by Crippen LogP contribution is -2.21. The van der Waals surface area contributed by atoms with Crippen molar-refractivity contribution in [2.24, 2.45) is 5.73 Å². The fourth-order valence-electron chi connectivity index (χ4n) is 3.81. The van der Waals surface area contributed by atoms with Gasteiger partial charge in [0.25, 0.3) is 21.8 Å². The Balaban J connectivity index is 1.84. The second kappa shape index (κ2) is 8.21. The highest BCUT2D eigenvalue weighted by Crippen LogP contribution is 2.30. The highest BCUT2D eigenvalue weighted by Gasteiger charge is 2.24. The molecule has 1 unspecified atom stereocenters. The summed E-state index contributed by atoms with van der Waals surface area (Å²) in [4.78, 5) is 24.2. The summed E-state index contributed by atoms with van der Waals surface area (Å²) in [6.07, 6.45) is 1.50. The van der Waals surface area contributed by atoms with Gasteiger partial charge >= 0.3 is 0 Å². The molecule has 2 aromatic heterocycles. The number of rotatable bonds is 6. The molecule has 2 heterocycles. The summed E-state index contributed by atoms with van der Waals surface area (Å²) in [5.41, 5.74) is 7.82. The van der Waals surface area contributed by atoms with Crippen molar-refractivity contribution < 1.29 is 18.0 Å². The van der Waals surface area contributed by atoms with E-state index in [2.05, 4.69) is 10.4 Å². The largest absolute Gasteiger partial charge is 0.364 e. The lowest BCUT2D eigenvalue weighted by molar-refractivity contribution is 0.0955. The molecule has 170 valence electrons. The summed E-state index contributed by atoms with van der Waals surface area (Å²) in [5.74, 6) is -1.17. The Morgan fingerprint density at radius 3 is 2.42 bits per heavy atom. The number of aryl methyl sites for hydroxylation is 1. The van der Waals surface area contributed by atoms with E-state index >= 15 is 0 Å². The normalized spacial score (nSPS) is 12.6. The number of hydrogen-bond acceptors (Lipinski definition) is 5. The monoisotopic (exact) mass is 465 g/mol. The van der Waals surface area contributed by atoms with Crippen LogP contribution >= 0.6 is 0 Å². The fraction of sp³-hybridized carbons (Fsp3) is 0.174. The van der Waals surface area contributed by atoms with Crippen LogP contribution in [0, 0.1) is 6.92 Å². The van der Waals surface area contributed by atoms with Crippen LogP contribution in [0.1, 0.15) is 45.1 Å². The Morgan fingerprint density at radius 2 is 1.79 bits per heavy atom. The molecule has 10 heteroatoms. The zero-order chi connectivity index (χ0) is 23.9. The molecule has 0 radical (unpaired) electrons. The number of benzene rings is 2. The molecule has 0 aliphatic heterocycles. The van der Waals surface area contributed by atoms with E-state index in [1.165, 1.54) is 28.0 Å². The van der Waals surface area contributed by atoms with Gasteiger partial charge in [-0.2, -0.15) is 5.10 Å². The Morgan fingerprint density at radius 1 is 1.09 bits per heavy atom. The molecule has 0 fully saturated rings. The van der Waals surface area contributed by atoms with Gasteiger partial charge in [0.2, 0.25) is 0 Å². The van der Waals surface area contributed by atoms with Crippen molar-refractivity contribution in [3.63, 3.8) is 0 Å². The maximum Gasteiger partial charge on any atom is 0.271 e. The Bertz CT molecular complexity index is 1480. The van der Waals surface area contributed by atoms with Crippen LogP contribution in [0.3, 0.4) is 0 Å². The first-order chi connectivity index (χ1) is 15.6. The zero-order valence-electron chi connectivity index (χ0n) is 18.3. The summed E-state index contributed by atoms with van der Waals surface area (Å²) < 4.78 is 29.1. The average molecular weight is 466 g/mol. The second-order valence-corrected chi connectivity index (χ2v) is 9.50. The van der Waals surface area contributed by atoms with Gasteiger partial charge in [-0.05, 0) is 43.7 Å². The van der Waals surface area contributed by atoms with E-state index in [4.69, 9.17) is 5.73 Å². The molecule has 0 spiro atoms. The Kier molecular flexibility index (Phi) is 5.54. The summed E-state index contributed by atoms with van der Waals surface area (Å²) in [7, 11) is -2.35. The molecule has 9 nitrogen and oxygen atoms in total. The van der Waals surface area contributed by atoms with E-state index in [0.717, 1.165) is 11.1 Å². The number of carbonyl (C=O) groups is 2. The van der Waals surface area contributed by atoms with Crippen LogP contribution < -0.4 is 11.1 Å². The number of primary amides is 1. The van der Waals surface area contributed by atoms with E-state index < -0.39 is 27.9 Å². The predicted molar refractivity (Wildman–Crippen MR) is 124 cm³/mol. The van der Waals surface area contributed by atoms with Gasteiger partial charge in [0.1, 0.15) is 5.69 Å². The molecule has 3 N–H and O–H groups in total. The number of carbonyl (C=O) groups excluding carboxylic acids is 2. The highest BCUT2D eigenvalue weighted by atomic mass is 32.2. The van der Waals surface area contributed by atoms with Crippen molar-refractivity contribution in [2.45, 2.75) is 24.8 Å². The quantitative estimate of drug-likeness (QED) is 0.452. The first kappa shape index (κ1) is 22.3. The smallest absolute Gasteiger partial charge is 0.271 e. The lowest BCUT2D eigenvalue weighted by Gasteiger charge is -2.16. The number of nitrogens with one attached hydrogen (secondary N) is 1. The molecule has 0 bridgehead atoms. The maximum atomic E-state index is 13.3. The Labute approximate surface area is 190 Å². The van der Waals surface area contributed by atoms with Gasteiger partial charge in [-0.1, -0.05) is 29.8 Å². The molecule has 0 aliphatic carbocycles. The minimum absolute atomic E-state index is 0.0600. The molecule has 2 aromatic carbocycles. The predicted octanol–water partition coefficient (Wildman–Crippen LogP) is 2.45. The molecular formula is C23H23N5O4S. The van der Waals surface area contributed by atoms with Gasteiger partial charge in [0.05, 0.1) is 16.5 Å². The minimum atomic E-state index is -3.81. The van der Waals surface area contributed by atoms with Gasteiger partial charge in [-0.15, -0.1) is 0 Å². The van der Waals surface area contributed by atoms with Gasteiger partial charge in [-0.3, -0.25) is 14.3 Å². The van der Waals surface area contributed by atoms with Gasteiger partial charge in [-0.25, -0.2) is 12.4 Å². The third kappa shape index (κ3) is 3.78. The summed E-state index contributed by atoms with van der Waals surface area (Å²) >= 11 is 0. The van der Waals surface area contributed by atoms with E-state index in [1.807, 2.05) is 13.0 Å². The topological polar surface area (TPSA) is 129 Å². The molecule has 33 heavy (non-hydrogen) atoms. The maximum absolute atomic E-state index is 13.3. The number of fused-ring (bicyclic) bond motifs is 1. The minimum Gasteiger partial charge on any atom is -0.364 e. The highest BCUT2D eigenvalue weighted by molar-refractivity contribution is 7.90. The van der Waals surface area contributed by atoms with Crippen molar-refractivity contribution in [2.75, 3.05) is 7.05 Å². The molecule has 1 atom stereocenters. The summed E-state index contributed by atoms with van der Waals surface area (Å²) in [6.45, 7) is 3.69. The van der Waals surface area contributed by atoms with Gasteiger partial charge in [0.15, 0.2) is 5.69 Å². The van der Waals surface area contributed by atoms with Crippen LogP contribution in [-0.2, 0) is 10.0 Å². The van der Waals surface area contributed by atoms with Crippen LogP contribution in [0.4, 0.5) is 0 Å². The molecular weight excluding hydrogens is 442 g/mol. The van der Waals surface area contributed by atoms with E-state index in [-0.39, 0.29) is 16.3 Å². The zero-order valence-corrected chi connectivity index (χ0v) is 19.1. The number of aromatic nitrogens is 3. The number of hydrogen-bond donors (Lipinski definition) is 2. The molecule has 2 amide bonds. The van der Waals surface area contributed by atoms with Crippen molar-refractivity contribution >= 4 is 32.7 Å². The number of nitrogens with zero attached hydrogens (tertiary/aromatic N) is 3. The SMILES string of the molecule is CNC(=O)c1cc(C(N)=O)n(C(C)c2cccc3c2ccn3S(=O)(=O)c2ccc(C)cc2)n1. The van der Waals surface area contributed by atoms with E-state index in [9.17, 15) is 18.0 Å². The van der Waals surface area contributed by atoms with Gasteiger partial charge < -0.3 is 11.1 Å². The van der Waals surface area contributed by atoms with Crippen LogP contribution in [-0.4, -0.2) is 41.0 Å². The summed E-state index contributed by atoms with van der Waals surface area (Å²) in [6, 6.07) is 14.5. The third-order valence-corrected chi connectivity index (χ3v) is 7.28. The summed E-state index contributed by atoms with van der Waals surface area (Å²) in [5, 5.41) is 7.42. The molecule has 4 aromatic rings. The van der Waals surface area contributed by atoms with Crippen molar-refractivity contribution in [1.82, 2.24) is 19.1 Å². The van der Waals surface area contributed by atoms with Crippen LogP contribution in [0.25, 0.3) is 10.9 Å². The standard InChI is InChI=1S/C23H23N5O4S/c1-14-7-9-16(10-8-14)33(31,32)27-12-11-18-17(5-4-6-20(18)27)15(2)28-21(22(24)29)13-19(26-28)23(30)25-3/h4-13,15H,1-3H3,(H2,24,29)(H,25,30).